The van der Waals surface area contributed by atoms with Crippen molar-refractivity contribution in [3.63, 3.8) is 0 Å². The first-order valence-corrected chi connectivity index (χ1v) is 9.27. The van der Waals surface area contributed by atoms with Gasteiger partial charge in [0.15, 0.2) is 5.69 Å². The number of imidazole rings is 1. The third-order valence-corrected chi connectivity index (χ3v) is 5.08. The number of carbonyl (C=O) groups is 1. The molecule has 2 heterocycles. The summed E-state index contributed by atoms with van der Waals surface area (Å²) in [4.78, 5) is 15.9. The van der Waals surface area contributed by atoms with Gasteiger partial charge >= 0.3 is 13.6 Å². The highest BCUT2D eigenvalue weighted by atomic mass is 31.2. The van der Waals surface area contributed by atoms with Crippen LogP contribution in [0.3, 0.4) is 0 Å². The molecule has 0 N–H and O–H groups in total. The Morgan fingerprint density at radius 3 is 2.43 bits per heavy atom. The lowest BCUT2D eigenvalue weighted by atomic mass is 10.3. The summed E-state index contributed by atoms with van der Waals surface area (Å²) < 4.78 is 29.8. The Balaban J connectivity index is 2.25. The van der Waals surface area contributed by atoms with Crippen molar-refractivity contribution in [3.05, 3.63) is 35.8 Å². The average molecular weight is 340 g/mol. The van der Waals surface area contributed by atoms with Gasteiger partial charge in [0.25, 0.3) is 0 Å². The Labute approximate surface area is 135 Å². The van der Waals surface area contributed by atoms with Crippen LogP contribution in [0.25, 0.3) is 5.65 Å². The van der Waals surface area contributed by atoms with Crippen LogP contribution in [-0.4, -0.2) is 35.2 Å². The molecule has 0 aromatic carbocycles. The quantitative estimate of drug-likeness (QED) is 0.542. The highest BCUT2D eigenvalue weighted by Gasteiger charge is 2.24. The number of nitrogens with zero attached hydrogens (tertiary/aromatic N) is 2. The number of hydrogen-bond acceptors (Lipinski definition) is 6. The number of carbonyl (C=O) groups excluding carboxylic acids is 1. The molecule has 0 aliphatic rings. The summed E-state index contributed by atoms with van der Waals surface area (Å²) in [5.74, 6) is -0.466. The average Bonchev–Trinajstić information content (AvgIpc) is 2.91. The summed E-state index contributed by atoms with van der Waals surface area (Å²) in [5.41, 5.74) is 1.62. The smallest absolute Gasteiger partial charge is 0.358 e. The lowest BCUT2D eigenvalue weighted by Crippen LogP contribution is -2.04. The fourth-order valence-electron chi connectivity index (χ4n) is 2.18. The molecule has 7 nitrogen and oxygen atoms in total. The number of fused-ring (bicyclic) bond motifs is 1. The molecule has 0 aliphatic carbocycles. The summed E-state index contributed by atoms with van der Waals surface area (Å²) in [6.45, 7) is 6.22. The van der Waals surface area contributed by atoms with Gasteiger partial charge in [0.2, 0.25) is 0 Å². The van der Waals surface area contributed by atoms with Gasteiger partial charge in [-0.1, -0.05) is 6.07 Å². The van der Waals surface area contributed by atoms with Crippen LogP contribution in [0.4, 0.5) is 0 Å². The van der Waals surface area contributed by atoms with E-state index in [0.29, 0.717) is 25.5 Å². The molecule has 0 spiro atoms. The zero-order chi connectivity index (χ0) is 16.9. The fraction of sp³-hybridized carbons (Fsp3) is 0.467. The molecule has 0 radical (unpaired) electrons. The molecule has 8 heteroatoms. The number of ether oxygens (including phenoxy) is 1. The van der Waals surface area contributed by atoms with Gasteiger partial charge in [0.05, 0.1) is 26.0 Å². The van der Waals surface area contributed by atoms with Crippen molar-refractivity contribution >= 4 is 19.2 Å². The Morgan fingerprint density at radius 2 is 1.83 bits per heavy atom. The molecule has 0 atom stereocenters. The second-order valence-electron chi connectivity index (χ2n) is 4.75. The van der Waals surface area contributed by atoms with E-state index in [-0.39, 0.29) is 11.9 Å². The van der Waals surface area contributed by atoms with Crippen molar-refractivity contribution < 1.29 is 23.1 Å². The van der Waals surface area contributed by atoms with Crippen molar-refractivity contribution in [1.82, 2.24) is 9.38 Å². The highest BCUT2D eigenvalue weighted by Crippen LogP contribution is 2.51. The van der Waals surface area contributed by atoms with Crippen molar-refractivity contribution in [2.24, 2.45) is 0 Å². The topological polar surface area (TPSA) is 79.1 Å². The van der Waals surface area contributed by atoms with Gasteiger partial charge in [-0.2, -0.15) is 0 Å². The van der Waals surface area contributed by atoms with E-state index in [1.165, 1.54) is 0 Å². The van der Waals surface area contributed by atoms with Crippen molar-refractivity contribution in [2.75, 3.05) is 19.8 Å². The molecule has 0 bridgehead atoms. The van der Waals surface area contributed by atoms with E-state index in [0.717, 1.165) is 5.56 Å². The normalized spacial score (nSPS) is 11.8. The summed E-state index contributed by atoms with van der Waals surface area (Å²) in [6, 6.07) is 3.54. The Morgan fingerprint density at radius 1 is 1.13 bits per heavy atom. The first kappa shape index (κ1) is 17.7. The monoisotopic (exact) mass is 340 g/mol. The molecular formula is C15H21N2O5P. The van der Waals surface area contributed by atoms with E-state index in [9.17, 15) is 9.36 Å². The van der Waals surface area contributed by atoms with Crippen LogP contribution < -0.4 is 0 Å². The van der Waals surface area contributed by atoms with Crippen LogP contribution in [0, 0.1) is 0 Å². The minimum atomic E-state index is -3.17. The molecule has 0 saturated heterocycles. The molecule has 126 valence electrons. The molecule has 2 aromatic heterocycles. The standard InChI is InChI=1S/C15H21N2O5P/c1-4-20-15(18)13-10-17-9-12(7-8-14(17)16-13)11-23(19,21-5-2)22-6-3/h7-10H,4-6,11H2,1-3H3. The van der Waals surface area contributed by atoms with Crippen molar-refractivity contribution in [2.45, 2.75) is 26.9 Å². The fourth-order valence-corrected chi connectivity index (χ4v) is 3.86. The van der Waals surface area contributed by atoms with E-state index in [1.54, 1.807) is 49.7 Å². The molecule has 2 aromatic rings. The molecule has 2 rings (SSSR count). The molecule has 0 aliphatic heterocycles. The number of esters is 1. The number of rotatable bonds is 8. The molecule has 0 unspecified atom stereocenters. The number of aromatic nitrogens is 2. The van der Waals surface area contributed by atoms with Crippen LogP contribution in [0.2, 0.25) is 0 Å². The lowest BCUT2D eigenvalue weighted by molar-refractivity contribution is 0.0520. The van der Waals surface area contributed by atoms with Gasteiger partial charge in [-0.3, -0.25) is 4.57 Å². The Bertz CT molecular complexity index is 718. The van der Waals surface area contributed by atoms with Gasteiger partial charge in [-0.05, 0) is 32.4 Å². The maximum Gasteiger partial charge on any atom is 0.358 e. The summed E-state index contributed by atoms with van der Waals surface area (Å²) in [6.07, 6.45) is 3.51. The van der Waals surface area contributed by atoms with Crippen LogP contribution in [-0.2, 0) is 24.5 Å². The number of pyridine rings is 1. The highest BCUT2D eigenvalue weighted by molar-refractivity contribution is 7.53. The minimum Gasteiger partial charge on any atom is -0.461 e. The molecule has 0 fully saturated rings. The maximum absolute atomic E-state index is 12.6. The summed E-state index contributed by atoms with van der Waals surface area (Å²) in [5, 5.41) is 0. The predicted octanol–water partition coefficient (Wildman–Crippen LogP) is 3.28. The van der Waals surface area contributed by atoms with Crippen LogP contribution in [0.1, 0.15) is 36.8 Å². The van der Waals surface area contributed by atoms with Gasteiger partial charge in [-0.15, -0.1) is 0 Å². The van der Waals surface area contributed by atoms with Crippen molar-refractivity contribution in [3.8, 4) is 0 Å². The van der Waals surface area contributed by atoms with E-state index in [1.807, 2.05) is 0 Å². The van der Waals surface area contributed by atoms with Crippen LogP contribution >= 0.6 is 7.60 Å². The zero-order valence-electron chi connectivity index (χ0n) is 13.5. The Kier molecular flexibility index (Phi) is 5.93. The van der Waals surface area contributed by atoms with Crippen LogP contribution in [0.15, 0.2) is 24.5 Å². The zero-order valence-corrected chi connectivity index (χ0v) is 14.4. The van der Waals surface area contributed by atoms with Gasteiger partial charge < -0.3 is 18.2 Å². The minimum absolute atomic E-state index is 0.164. The van der Waals surface area contributed by atoms with Gasteiger partial charge in [-0.25, -0.2) is 9.78 Å². The predicted molar refractivity (Wildman–Crippen MR) is 85.7 cm³/mol. The lowest BCUT2D eigenvalue weighted by Gasteiger charge is -2.16. The second-order valence-corrected chi connectivity index (χ2v) is 6.81. The third kappa shape index (κ3) is 4.41. The van der Waals surface area contributed by atoms with E-state index >= 15 is 0 Å². The first-order chi connectivity index (χ1) is 11.0. The largest absolute Gasteiger partial charge is 0.461 e. The van der Waals surface area contributed by atoms with Gasteiger partial charge in [0, 0.05) is 12.4 Å². The second kappa shape index (κ2) is 7.73. The molecule has 0 saturated carbocycles. The first-order valence-electron chi connectivity index (χ1n) is 7.54. The third-order valence-electron chi connectivity index (χ3n) is 3.02. The SMILES string of the molecule is CCOC(=O)c1cn2cc(CP(=O)(OCC)OCC)ccc2n1. The van der Waals surface area contributed by atoms with Gasteiger partial charge in [0.1, 0.15) is 5.65 Å². The summed E-state index contributed by atoms with van der Waals surface area (Å²) >= 11 is 0. The summed E-state index contributed by atoms with van der Waals surface area (Å²) in [7, 11) is -3.17. The van der Waals surface area contributed by atoms with E-state index in [4.69, 9.17) is 13.8 Å². The van der Waals surface area contributed by atoms with Crippen molar-refractivity contribution in [1.29, 1.82) is 0 Å². The molecule has 0 amide bonds. The Hall–Kier alpha value is -1.69. The van der Waals surface area contributed by atoms with Crippen LogP contribution in [0.5, 0.6) is 0 Å². The molecule has 23 heavy (non-hydrogen) atoms. The van der Waals surface area contributed by atoms with E-state index < -0.39 is 13.6 Å². The maximum atomic E-state index is 12.6. The number of hydrogen-bond donors (Lipinski definition) is 0. The van der Waals surface area contributed by atoms with E-state index in [2.05, 4.69) is 4.98 Å². The molecular weight excluding hydrogens is 319 g/mol.